The first-order valence-corrected chi connectivity index (χ1v) is 14.6. The second kappa shape index (κ2) is 18.4. The second-order valence-corrected chi connectivity index (χ2v) is 10.5. The maximum atomic E-state index is 11.6. The highest BCUT2D eigenvalue weighted by atomic mass is 16.6. The topological polar surface area (TPSA) is 89.5 Å². The number of ether oxygens (including phenoxy) is 6. The van der Waals surface area contributed by atoms with Gasteiger partial charge in [0, 0.05) is 5.41 Å². The molecule has 0 aliphatic heterocycles. The molecule has 0 bridgehead atoms. The Morgan fingerprint density at radius 2 is 0.927 bits per heavy atom. The van der Waals surface area contributed by atoms with Gasteiger partial charge in [0.15, 0.2) is 0 Å². The first-order valence-electron chi connectivity index (χ1n) is 14.6. The van der Waals surface area contributed by atoms with E-state index in [9.17, 15) is 9.59 Å². The molecule has 0 fully saturated rings. The van der Waals surface area contributed by atoms with Crippen LogP contribution in [-0.4, -0.2) is 64.8 Å². The number of benzene rings is 2. The van der Waals surface area contributed by atoms with Gasteiger partial charge >= 0.3 is 11.9 Å². The summed E-state index contributed by atoms with van der Waals surface area (Å²) in [5, 5.41) is 0. The Morgan fingerprint density at radius 3 is 1.27 bits per heavy atom. The molecule has 8 nitrogen and oxygen atoms in total. The van der Waals surface area contributed by atoms with E-state index in [1.165, 1.54) is 11.1 Å². The smallest absolute Gasteiger partial charge is 0.308 e. The standard InChI is InChI=1S/C33H48O8/c1-7-25(3)31(34)40-23-19-36-17-21-38-29-13-9-27(10-14-29)33(5,6)28-11-15-30(16-12-28)39-22-18-37-20-24-41-32(35)26(4)8-2/h9-16,25-26H,7-8,17-24H2,1-6H3. The largest absolute Gasteiger partial charge is 0.491 e. The molecule has 41 heavy (non-hydrogen) atoms. The van der Waals surface area contributed by atoms with Gasteiger partial charge in [-0.2, -0.15) is 0 Å². The molecule has 0 amide bonds. The summed E-state index contributed by atoms with van der Waals surface area (Å²) in [6.45, 7) is 14.9. The minimum Gasteiger partial charge on any atom is -0.491 e. The Hall–Kier alpha value is -3.10. The minimum absolute atomic E-state index is 0.0817. The van der Waals surface area contributed by atoms with Crippen LogP contribution in [0, 0.1) is 11.8 Å². The van der Waals surface area contributed by atoms with Crippen LogP contribution in [0.2, 0.25) is 0 Å². The third-order valence-electron chi connectivity index (χ3n) is 7.12. The monoisotopic (exact) mass is 572 g/mol. The molecular formula is C33H48O8. The number of hydrogen-bond donors (Lipinski definition) is 0. The molecule has 2 aromatic carbocycles. The zero-order chi connectivity index (χ0) is 30.1. The highest BCUT2D eigenvalue weighted by molar-refractivity contribution is 5.72. The Kier molecular flexibility index (Phi) is 15.3. The van der Waals surface area contributed by atoms with Crippen molar-refractivity contribution in [3.63, 3.8) is 0 Å². The van der Waals surface area contributed by atoms with Crippen molar-refractivity contribution in [3.05, 3.63) is 59.7 Å². The zero-order valence-electron chi connectivity index (χ0n) is 25.6. The highest BCUT2D eigenvalue weighted by Crippen LogP contribution is 2.33. The second-order valence-electron chi connectivity index (χ2n) is 10.5. The molecule has 2 atom stereocenters. The van der Waals surface area contributed by atoms with Crippen LogP contribution in [0.1, 0.15) is 65.5 Å². The molecule has 0 radical (unpaired) electrons. The molecular weight excluding hydrogens is 524 g/mol. The third-order valence-corrected chi connectivity index (χ3v) is 7.12. The Balaban J connectivity index is 1.68. The summed E-state index contributed by atoms with van der Waals surface area (Å²) in [5.74, 6) is 1.02. The van der Waals surface area contributed by atoms with Crippen LogP contribution in [0.25, 0.3) is 0 Å². The Labute approximate surface area is 245 Å². The highest BCUT2D eigenvalue weighted by Gasteiger charge is 2.23. The van der Waals surface area contributed by atoms with Crippen molar-refractivity contribution >= 4 is 11.9 Å². The van der Waals surface area contributed by atoms with Gasteiger partial charge in [-0.1, -0.05) is 65.8 Å². The zero-order valence-corrected chi connectivity index (χ0v) is 25.6. The van der Waals surface area contributed by atoms with E-state index in [0.717, 1.165) is 24.3 Å². The number of carbonyl (C=O) groups excluding carboxylic acids is 2. The molecule has 0 aliphatic carbocycles. The molecule has 2 unspecified atom stereocenters. The van der Waals surface area contributed by atoms with Gasteiger partial charge in [-0.05, 0) is 48.2 Å². The fourth-order valence-corrected chi connectivity index (χ4v) is 3.76. The van der Waals surface area contributed by atoms with Crippen LogP contribution >= 0.6 is 0 Å². The van der Waals surface area contributed by atoms with Crippen molar-refractivity contribution in [2.45, 2.75) is 59.8 Å². The van der Waals surface area contributed by atoms with Gasteiger partial charge in [-0.25, -0.2) is 0 Å². The SMILES string of the molecule is CCC(C)C(=O)OCCOCCOc1ccc(C(C)(C)c2ccc(OCCOCCOC(=O)C(C)CC)cc2)cc1. The van der Waals surface area contributed by atoms with Crippen molar-refractivity contribution < 1.29 is 38.0 Å². The molecule has 228 valence electrons. The van der Waals surface area contributed by atoms with Gasteiger partial charge in [-0.3, -0.25) is 9.59 Å². The van der Waals surface area contributed by atoms with Gasteiger partial charge in [-0.15, -0.1) is 0 Å². The summed E-state index contributed by atoms with van der Waals surface area (Å²) in [7, 11) is 0. The molecule has 0 aromatic heterocycles. The first-order chi connectivity index (χ1) is 19.7. The van der Waals surface area contributed by atoms with E-state index in [-0.39, 0.29) is 42.4 Å². The van der Waals surface area contributed by atoms with Gasteiger partial charge in [0.25, 0.3) is 0 Å². The lowest BCUT2D eigenvalue weighted by Gasteiger charge is -2.26. The minimum atomic E-state index is -0.206. The molecule has 8 heteroatoms. The van der Waals surface area contributed by atoms with E-state index in [4.69, 9.17) is 28.4 Å². The molecule has 2 rings (SSSR count). The Morgan fingerprint density at radius 1 is 0.585 bits per heavy atom. The van der Waals surface area contributed by atoms with Crippen LogP contribution < -0.4 is 9.47 Å². The molecule has 0 aliphatic rings. The van der Waals surface area contributed by atoms with E-state index >= 15 is 0 Å². The summed E-state index contributed by atoms with van der Waals surface area (Å²) in [5.41, 5.74) is 2.13. The molecule has 0 spiro atoms. The Bertz CT molecular complexity index is 935. The van der Waals surface area contributed by atoms with E-state index in [1.807, 2.05) is 52.0 Å². The van der Waals surface area contributed by atoms with E-state index in [2.05, 4.69) is 38.1 Å². The van der Waals surface area contributed by atoms with Crippen LogP contribution in [-0.2, 0) is 34.0 Å². The van der Waals surface area contributed by atoms with Crippen LogP contribution in [0.4, 0.5) is 0 Å². The number of hydrogen-bond acceptors (Lipinski definition) is 8. The number of carbonyl (C=O) groups is 2. The first kappa shape index (κ1) is 34.1. The van der Waals surface area contributed by atoms with Crippen molar-refractivity contribution in [1.29, 1.82) is 0 Å². The lowest BCUT2D eigenvalue weighted by atomic mass is 9.78. The maximum Gasteiger partial charge on any atom is 0.308 e. The van der Waals surface area contributed by atoms with Crippen molar-refractivity contribution in [3.8, 4) is 11.5 Å². The third kappa shape index (κ3) is 12.1. The molecule has 0 heterocycles. The normalized spacial score (nSPS) is 12.8. The fourth-order valence-electron chi connectivity index (χ4n) is 3.76. The quantitative estimate of drug-likeness (QED) is 0.141. The summed E-state index contributed by atoms with van der Waals surface area (Å²) < 4.78 is 32.9. The molecule has 0 saturated carbocycles. The van der Waals surface area contributed by atoms with Gasteiger partial charge in [0.2, 0.25) is 0 Å². The van der Waals surface area contributed by atoms with Crippen LogP contribution in [0.3, 0.4) is 0 Å². The van der Waals surface area contributed by atoms with E-state index in [1.54, 1.807) is 0 Å². The number of esters is 2. The number of rotatable bonds is 20. The van der Waals surface area contributed by atoms with Crippen LogP contribution in [0.5, 0.6) is 11.5 Å². The van der Waals surface area contributed by atoms with Gasteiger partial charge < -0.3 is 28.4 Å². The maximum absolute atomic E-state index is 11.6. The predicted octanol–water partition coefficient (Wildman–Crippen LogP) is 5.98. The van der Waals surface area contributed by atoms with Gasteiger partial charge in [0.05, 0.1) is 38.3 Å². The van der Waals surface area contributed by atoms with Crippen LogP contribution in [0.15, 0.2) is 48.5 Å². The van der Waals surface area contributed by atoms with Crippen molar-refractivity contribution in [2.24, 2.45) is 11.8 Å². The summed E-state index contributed by atoms with van der Waals surface area (Å²) >= 11 is 0. The predicted molar refractivity (Wildman–Crippen MR) is 158 cm³/mol. The van der Waals surface area contributed by atoms with Crippen molar-refractivity contribution in [2.75, 3.05) is 52.9 Å². The average molecular weight is 573 g/mol. The van der Waals surface area contributed by atoms with Gasteiger partial charge in [0.1, 0.15) is 37.9 Å². The van der Waals surface area contributed by atoms with E-state index < -0.39 is 0 Å². The summed E-state index contributed by atoms with van der Waals surface area (Å²) in [6, 6.07) is 16.2. The average Bonchev–Trinajstić information content (AvgIpc) is 2.99. The lowest BCUT2D eigenvalue weighted by molar-refractivity contribution is -0.150. The van der Waals surface area contributed by atoms with E-state index in [0.29, 0.717) is 39.6 Å². The molecule has 2 aromatic rings. The fraction of sp³-hybridized carbons (Fsp3) is 0.576. The molecule has 0 N–H and O–H groups in total. The summed E-state index contributed by atoms with van der Waals surface area (Å²) in [4.78, 5) is 23.3. The van der Waals surface area contributed by atoms with Crippen molar-refractivity contribution in [1.82, 2.24) is 0 Å². The summed E-state index contributed by atoms with van der Waals surface area (Å²) in [6.07, 6.45) is 1.54. The molecule has 0 saturated heterocycles. The lowest BCUT2D eigenvalue weighted by Crippen LogP contribution is -2.19.